The first-order chi connectivity index (χ1) is 10.5. The van der Waals surface area contributed by atoms with E-state index in [9.17, 15) is 17.2 Å². The summed E-state index contributed by atoms with van der Waals surface area (Å²) in [5.41, 5.74) is 0. The number of benzene rings is 1. The van der Waals surface area contributed by atoms with Crippen molar-refractivity contribution in [1.29, 1.82) is 0 Å². The van der Waals surface area contributed by atoms with Crippen molar-refractivity contribution in [3.63, 3.8) is 0 Å². The maximum Gasteiger partial charge on any atom is 0.248 e. The lowest BCUT2D eigenvalue weighted by Crippen LogP contribution is -2.40. The van der Waals surface area contributed by atoms with E-state index in [1.165, 1.54) is 0 Å². The van der Waals surface area contributed by atoms with E-state index in [2.05, 4.69) is 6.58 Å². The SMILES string of the molecule is C=CCOCC1CCN(S(=O)(=O)c2c(F)cccc2F)CC1. The smallest absolute Gasteiger partial charge is 0.248 e. The van der Waals surface area contributed by atoms with Gasteiger partial charge in [0.25, 0.3) is 0 Å². The van der Waals surface area contributed by atoms with Crippen molar-refractivity contribution in [2.24, 2.45) is 5.92 Å². The van der Waals surface area contributed by atoms with Gasteiger partial charge in [0, 0.05) is 19.7 Å². The predicted molar refractivity (Wildman–Crippen MR) is 78.9 cm³/mol. The average Bonchev–Trinajstić information content (AvgIpc) is 2.47. The topological polar surface area (TPSA) is 46.6 Å². The monoisotopic (exact) mass is 331 g/mol. The molecule has 0 bridgehead atoms. The molecule has 0 spiro atoms. The van der Waals surface area contributed by atoms with Crippen molar-refractivity contribution in [2.45, 2.75) is 17.7 Å². The van der Waals surface area contributed by atoms with Crippen molar-refractivity contribution in [1.82, 2.24) is 4.31 Å². The number of piperidine rings is 1. The minimum atomic E-state index is -4.15. The minimum absolute atomic E-state index is 0.234. The fraction of sp³-hybridized carbons (Fsp3) is 0.467. The Labute approximate surface area is 129 Å². The van der Waals surface area contributed by atoms with Crippen molar-refractivity contribution in [2.75, 3.05) is 26.3 Å². The predicted octanol–water partition coefficient (Wildman–Crippen LogP) is 2.57. The lowest BCUT2D eigenvalue weighted by molar-refractivity contribution is 0.0981. The number of ether oxygens (including phenoxy) is 1. The second-order valence-electron chi connectivity index (χ2n) is 5.22. The quantitative estimate of drug-likeness (QED) is 0.594. The number of hydrogen-bond acceptors (Lipinski definition) is 3. The maximum absolute atomic E-state index is 13.7. The van der Waals surface area contributed by atoms with Crippen LogP contribution < -0.4 is 0 Å². The summed E-state index contributed by atoms with van der Waals surface area (Å²) in [6, 6.07) is 3.05. The van der Waals surface area contributed by atoms with E-state index in [-0.39, 0.29) is 19.0 Å². The average molecular weight is 331 g/mol. The fourth-order valence-corrected chi connectivity index (χ4v) is 4.07. The molecule has 0 amide bonds. The van der Waals surface area contributed by atoms with Gasteiger partial charge in [0.15, 0.2) is 4.90 Å². The third-order valence-electron chi connectivity index (χ3n) is 3.68. The molecule has 7 heteroatoms. The Morgan fingerprint density at radius 2 is 1.86 bits per heavy atom. The number of nitrogens with zero attached hydrogens (tertiary/aromatic N) is 1. The first-order valence-electron chi connectivity index (χ1n) is 7.09. The summed E-state index contributed by atoms with van der Waals surface area (Å²) in [4.78, 5) is -0.864. The summed E-state index contributed by atoms with van der Waals surface area (Å²) in [6.07, 6.45) is 2.86. The lowest BCUT2D eigenvalue weighted by atomic mass is 9.99. The molecule has 1 aliphatic heterocycles. The second kappa shape index (κ2) is 7.30. The van der Waals surface area contributed by atoms with Crippen LogP contribution in [0.25, 0.3) is 0 Å². The van der Waals surface area contributed by atoms with E-state index in [0.29, 0.717) is 26.1 Å². The molecule has 1 aromatic rings. The van der Waals surface area contributed by atoms with Gasteiger partial charge in [0.2, 0.25) is 10.0 Å². The summed E-state index contributed by atoms with van der Waals surface area (Å²) < 4.78 is 58.7. The zero-order valence-electron chi connectivity index (χ0n) is 12.2. The molecule has 1 saturated heterocycles. The summed E-state index contributed by atoms with van der Waals surface area (Å²) in [5.74, 6) is -1.87. The van der Waals surface area contributed by atoms with E-state index in [4.69, 9.17) is 4.74 Å². The van der Waals surface area contributed by atoms with Gasteiger partial charge in [-0.1, -0.05) is 12.1 Å². The molecule has 1 aromatic carbocycles. The molecule has 4 nitrogen and oxygen atoms in total. The van der Waals surface area contributed by atoms with E-state index in [1.54, 1.807) is 6.08 Å². The molecule has 0 radical (unpaired) electrons. The molecule has 0 aromatic heterocycles. The Bertz CT molecular complexity index is 605. The number of rotatable bonds is 6. The molecule has 1 fully saturated rings. The molecular formula is C15H19F2NO3S. The maximum atomic E-state index is 13.7. The van der Waals surface area contributed by atoms with Crippen LogP contribution in [0.2, 0.25) is 0 Å². The molecule has 0 atom stereocenters. The highest BCUT2D eigenvalue weighted by molar-refractivity contribution is 7.89. The summed E-state index contributed by atoms with van der Waals surface area (Å²) in [5, 5.41) is 0. The van der Waals surface area contributed by atoms with Gasteiger partial charge in [-0.2, -0.15) is 4.31 Å². The van der Waals surface area contributed by atoms with E-state index >= 15 is 0 Å². The van der Waals surface area contributed by atoms with Crippen LogP contribution in [0.5, 0.6) is 0 Å². The summed E-state index contributed by atoms with van der Waals surface area (Å²) >= 11 is 0. The van der Waals surface area contributed by atoms with Crippen LogP contribution in [0.3, 0.4) is 0 Å². The van der Waals surface area contributed by atoms with Crippen LogP contribution in [-0.2, 0) is 14.8 Å². The number of sulfonamides is 1. The summed E-state index contributed by atoms with van der Waals surface area (Å²) in [6.45, 7) is 5.02. The Kier molecular flexibility index (Phi) is 5.66. The van der Waals surface area contributed by atoms with Gasteiger partial charge in [-0.3, -0.25) is 0 Å². The van der Waals surface area contributed by atoms with Gasteiger partial charge >= 0.3 is 0 Å². The third-order valence-corrected chi connectivity index (χ3v) is 5.63. The molecular weight excluding hydrogens is 312 g/mol. The molecule has 2 rings (SSSR count). The molecule has 0 saturated carbocycles. The zero-order valence-corrected chi connectivity index (χ0v) is 13.0. The molecule has 1 heterocycles. The van der Waals surface area contributed by atoms with E-state index < -0.39 is 26.6 Å². The van der Waals surface area contributed by atoms with Crippen LogP contribution in [0.1, 0.15) is 12.8 Å². The largest absolute Gasteiger partial charge is 0.377 e. The second-order valence-corrected chi connectivity index (χ2v) is 7.10. The Hall–Kier alpha value is -1.31. The van der Waals surface area contributed by atoms with Crippen LogP contribution in [0.15, 0.2) is 35.7 Å². The molecule has 0 aliphatic carbocycles. The van der Waals surface area contributed by atoms with Crippen molar-refractivity contribution in [3.05, 3.63) is 42.5 Å². The highest BCUT2D eigenvalue weighted by atomic mass is 32.2. The molecule has 0 N–H and O–H groups in total. The first-order valence-corrected chi connectivity index (χ1v) is 8.53. The molecule has 0 unspecified atom stereocenters. The lowest BCUT2D eigenvalue weighted by Gasteiger charge is -2.31. The van der Waals surface area contributed by atoms with E-state index in [0.717, 1.165) is 22.5 Å². The highest BCUT2D eigenvalue weighted by Crippen LogP contribution is 2.27. The third kappa shape index (κ3) is 3.71. The van der Waals surface area contributed by atoms with Gasteiger partial charge in [0.1, 0.15) is 11.6 Å². The normalized spacial score (nSPS) is 17.5. The Morgan fingerprint density at radius 3 is 2.41 bits per heavy atom. The van der Waals surface area contributed by atoms with Crippen LogP contribution in [0, 0.1) is 17.6 Å². The number of halogens is 2. The van der Waals surface area contributed by atoms with Crippen molar-refractivity contribution < 1.29 is 21.9 Å². The Balaban J connectivity index is 2.05. The van der Waals surface area contributed by atoms with Crippen LogP contribution in [0.4, 0.5) is 8.78 Å². The highest BCUT2D eigenvalue weighted by Gasteiger charge is 2.33. The zero-order chi connectivity index (χ0) is 16.2. The van der Waals surface area contributed by atoms with Crippen molar-refractivity contribution >= 4 is 10.0 Å². The van der Waals surface area contributed by atoms with E-state index in [1.807, 2.05) is 0 Å². The first kappa shape index (κ1) is 17.1. The van der Waals surface area contributed by atoms with Gasteiger partial charge in [-0.15, -0.1) is 6.58 Å². The molecule has 122 valence electrons. The summed E-state index contributed by atoms with van der Waals surface area (Å²) in [7, 11) is -4.15. The fourth-order valence-electron chi connectivity index (χ4n) is 2.49. The minimum Gasteiger partial charge on any atom is -0.377 e. The Morgan fingerprint density at radius 1 is 1.27 bits per heavy atom. The van der Waals surface area contributed by atoms with Gasteiger partial charge in [-0.05, 0) is 30.9 Å². The van der Waals surface area contributed by atoms with Crippen LogP contribution in [-0.4, -0.2) is 39.0 Å². The van der Waals surface area contributed by atoms with Gasteiger partial charge < -0.3 is 4.74 Å². The van der Waals surface area contributed by atoms with Crippen LogP contribution >= 0.6 is 0 Å². The molecule has 22 heavy (non-hydrogen) atoms. The van der Waals surface area contributed by atoms with Crippen molar-refractivity contribution in [3.8, 4) is 0 Å². The van der Waals surface area contributed by atoms with Gasteiger partial charge in [-0.25, -0.2) is 17.2 Å². The van der Waals surface area contributed by atoms with Gasteiger partial charge in [0.05, 0.1) is 6.61 Å². The number of hydrogen-bond donors (Lipinski definition) is 0. The molecule has 1 aliphatic rings. The standard InChI is InChI=1S/C15H19F2NO3S/c1-2-10-21-11-12-6-8-18(9-7-12)22(19,20)15-13(16)4-3-5-14(15)17/h2-5,12H,1,6-11H2.